The third-order valence-corrected chi connectivity index (χ3v) is 3.74. The van der Waals surface area contributed by atoms with Gasteiger partial charge in [0.25, 0.3) is 0 Å². The van der Waals surface area contributed by atoms with Gasteiger partial charge in [-0.15, -0.1) is 24.8 Å². The molecule has 0 fully saturated rings. The van der Waals surface area contributed by atoms with E-state index in [-0.39, 0.29) is 30.6 Å². The van der Waals surface area contributed by atoms with Gasteiger partial charge < -0.3 is 11.5 Å². The molecule has 0 saturated heterocycles. The second-order valence-electron chi connectivity index (χ2n) is 5.08. The smallest absolute Gasteiger partial charge is 0.221 e. The van der Waals surface area contributed by atoms with Crippen molar-refractivity contribution >= 4 is 42.3 Å². The minimum absolute atomic E-state index is 0. The Labute approximate surface area is 147 Å². The number of fused-ring (bicyclic) bond motifs is 1. The molecule has 23 heavy (non-hydrogen) atoms. The van der Waals surface area contributed by atoms with Gasteiger partial charge in [0.1, 0.15) is 5.84 Å². The van der Waals surface area contributed by atoms with Crippen molar-refractivity contribution in [3.05, 3.63) is 46.8 Å². The van der Waals surface area contributed by atoms with Gasteiger partial charge in [-0.3, -0.25) is 5.41 Å². The van der Waals surface area contributed by atoms with Crippen molar-refractivity contribution in [2.45, 2.75) is 26.2 Å². The van der Waals surface area contributed by atoms with Crippen LogP contribution >= 0.6 is 24.8 Å². The standard InChI is InChI=1S/C15H18N6.2ClH/c1-2-9-8-21(15(18)19-9)20-13-7-6-10-11(13)4-3-5-12(10)14(16)17;;/h3-5,8H,2,6-7H2,1H3,(H3,16,17)(H2,18,19);2*1H/b20-13+;;. The first kappa shape index (κ1) is 19.0. The molecular weight excluding hydrogens is 335 g/mol. The van der Waals surface area contributed by atoms with Crippen molar-refractivity contribution in [2.75, 3.05) is 5.73 Å². The number of halogens is 2. The number of imidazole rings is 1. The lowest BCUT2D eigenvalue weighted by molar-refractivity contribution is 0.881. The molecule has 1 aliphatic carbocycles. The number of benzene rings is 1. The number of rotatable bonds is 3. The lowest BCUT2D eigenvalue weighted by atomic mass is 10.0. The summed E-state index contributed by atoms with van der Waals surface area (Å²) in [5.74, 6) is 0.499. The number of nitrogens with two attached hydrogens (primary N) is 2. The van der Waals surface area contributed by atoms with Gasteiger partial charge in [0.05, 0.1) is 17.6 Å². The highest BCUT2D eigenvalue weighted by atomic mass is 35.5. The number of amidine groups is 1. The van der Waals surface area contributed by atoms with Gasteiger partial charge in [-0.2, -0.15) is 5.10 Å². The van der Waals surface area contributed by atoms with E-state index in [2.05, 4.69) is 10.1 Å². The Morgan fingerprint density at radius 2 is 2.09 bits per heavy atom. The third kappa shape index (κ3) is 3.48. The van der Waals surface area contributed by atoms with Gasteiger partial charge in [0.15, 0.2) is 0 Å². The molecule has 5 N–H and O–H groups in total. The molecule has 0 unspecified atom stereocenters. The highest BCUT2D eigenvalue weighted by molar-refractivity contribution is 6.08. The highest BCUT2D eigenvalue weighted by Gasteiger charge is 2.22. The quantitative estimate of drug-likeness (QED) is 0.581. The van der Waals surface area contributed by atoms with E-state index in [4.69, 9.17) is 16.9 Å². The summed E-state index contributed by atoms with van der Waals surface area (Å²) in [6, 6.07) is 5.80. The second-order valence-corrected chi connectivity index (χ2v) is 5.08. The fourth-order valence-electron chi connectivity index (χ4n) is 2.68. The van der Waals surface area contributed by atoms with Gasteiger partial charge in [0.2, 0.25) is 5.95 Å². The van der Waals surface area contributed by atoms with Crippen LogP contribution in [0.3, 0.4) is 0 Å². The van der Waals surface area contributed by atoms with Crippen molar-refractivity contribution in [1.82, 2.24) is 9.66 Å². The zero-order chi connectivity index (χ0) is 15.0. The number of hydrogen-bond acceptors (Lipinski definition) is 4. The lowest BCUT2D eigenvalue weighted by Gasteiger charge is -2.06. The summed E-state index contributed by atoms with van der Waals surface area (Å²) in [4.78, 5) is 4.25. The molecule has 1 aromatic heterocycles. The molecule has 0 bridgehead atoms. The van der Waals surface area contributed by atoms with E-state index in [0.717, 1.165) is 47.4 Å². The Balaban J connectivity index is 0.00000132. The molecule has 0 saturated carbocycles. The fourth-order valence-corrected chi connectivity index (χ4v) is 2.68. The second kappa shape index (κ2) is 7.48. The Hall–Kier alpha value is -2.05. The first-order valence-corrected chi connectivity index (χ1v) is 6.98. The van der Waals surface area contributed by atoms with Gasteiger partial charge in [0, 0.05) is 11.1 Å². The summed E-state index contributed by atoms with van der Waals surface area (Å²) < 4.78 is 1.63. The molecule has 8 heteroatoms. The molecule has 0 aliphatic heterocycles. The van der Waals surface area contributed by atoms with E-state index >= 15 is 0 Å². The molecular formula is C15H20Cl2N6. The van der Waals surface area contributed by atoms with E-state index < -0.39 is 0 Å². The van der Waals surface area contributed by atoms with Crippen LogP contribution in [0, 0.1) is 5.41 Å². The summed E-state index contributed by atoms with van der Waals surface area (Å²) in [7, 11) is 0. The van der Waals surface area contributed by atoms with Crippen LogP contribution in [0.15, 0.2) is 29.5 Å². The van der Waals surface area contributed by atoms with Crippen molar-refractivity contribution in [3.63, 3.8) is 0 Å². The molecule has 3 rings (SSSR count). The van der Waals surface area contributed by atoms with Crippen LogP contribution in [-0.2, 0) is 12.8 Å². The summed E-state index contributed by atoms with van der Waals surface area (Å²) in [6.07, 6.45) is 4.35. The Morgan fingerprint density at radius 3 is 2.70 bits per heavy atom. The van der Waals surface area contributed by atoms with Crippen molar-refractivity contribution in [3.8, 4) is 0 Å². The molecule has 0 spiro atoms. The van der Waals surface area contributed by atoms with Crippen molar-refractivity contribution in [2.24, 2.45) is 10.8 Å². The molecule has 2 aromatic rings. The summed E-state index contributed by atoms with van der Waals surface area (Å²) in [6.45, 7) is 2.03. The molecule has 1 aromatic carbocycles. The van der Waals surface area contributed by atoms with E-state index in [1.54, 1.807) is 4.68 Å². The van der Waals surface area contributed by atoms with E-state index in [9.17, 15) is 0 Å². The van der Waals surface area contributed by atoms with Crippen LogP contribution in [-0.4, -0.2) is 21.2 Å². The summed E-state index contributed by atoms with van der Waals surface area (Å²) in [5, 5.41) is 12.3. The van der Waals surface area contributed by atoms with Gasteiger partial charge >= 0.3 is 0 Å². The minimum atomic E-state index is 0. The molecule has 1 aliphatic rings. The topological polar surface area (TPSA) is 106 Å². The largest absolute Gasteiger partial charge is 0.384 e. The van der Waals surface area contributed by atoms with Crippen LogP contribution in [0.1, 0.15) is 35.7 Å². The van der Waals surface area contributed by atoms with Crippen LogP contribution in [0.4, 0.5) is 5.95 Å². The van der Waals surface area contributed by atoms with Crippen LogP contribution in [0.5, 0.6) is 0 Å². The maximum atomic E-state index is 7.66. The van der Waals surface area contributed by atoms with E-state index in [1.807, 2.05) is 31.3 Å². The minimum Gasteiger partial charge on any atom is -0.384 e. The van der Waals surface area contributed by atoms with Crippen LogP contribution in [0.25, 0.3) is 0 Å². The molecule has 0 amide bonds. The predicted octanol–water partition coefficient (Wildman–Crippen LogP) is 2.35. The normalized spacial score (nSPS) is 14.0. The number of nitrogen functional groups attached to an aromatic ring is 2. The number of aromatic nitrogens is 2. The number of nitrogens with zero attached hydrogens (tertiary/aromatic N) is 3. The average molecular weight is 355 g/mol. The average Bonchev–Trinajstić information content (AvgIpc) is 3.03. The Morgan fingerprint density at radius 1 is 1.35 bits per heavy atom. The number of aryl methyl sites for hydroxylation is 1. The zero-order valence-corrected chi connectivity index (χ0v) is 14.4. The monoisotopic (exact) mass is 354 g/mol. The molecule has 0 radical (unpaired) electrons. The number of anilines is 1. The SMILES string of the molecule is CCc1cn(/N=C2\CCc3c(C(=N)N)cccc32)c(N)n1.Cl.Cl. The summed E-state index contributed by atoms with van der Waals surface area (Å²) >= 11 is 0. The Kier molecular flexibility index (Phi) is 6.18. The maximum Gasteiger partial charge on any atom is 0.221 e. The molecule has 124 valence electrons. The Bertz CT molecular complexity index is 750. The van der Waals surface area contributed by atoms with Crippen molar-refractivity contribution < 1.29 is 0 Å². The third-order valence-electron chi connectivity index (χ3n) is 3.74. The molecule has 6 nitrogen and oxygen atoms in total. The fraction of sp³-hybridized carbons (Fsp3) is 0.267. The van der Waals surface area contributed by atoms with Crippen molar-refractivity contribution in [1.29, 1.82) is 5.41 Å². The first-order chi connectivity index (χ1) is 10.1. The summed E-state index contributed by atoms with van der Waals surface area (Å²) in [5.41, 5.74) is 16.3. The lowest BCUT2D eigenvalue weighted by Crippen LogP contribution is -2.13. The van der Waals surface area contributed by atoms with E-state index in [1.165, 1.54) is 0 Å². The molecule has 0 atom stereocenters. The zero-order valence-electron chi connectivity index (χ0n) is 12.7. The van der Waals surface area contributed by atoms with Gasteiger partial charge in [-0.25, -0.2) is 9.66 Å². The first-order valence-electron chi connectivity index (χ1n) is 6.98. The maximum absolute atomic E-state index is 7.66. The van der Waals surface area contributed by atoms with Gasteiger partial charge in [-0.1, -0.05) is 25.1 Å². The molecule has 1 heterocycles. The predicted molar refractivity (Wildman–Crippen MR) is 98.2 cm³/mol. The number of nitrogens with one attached hydrogen (secondary N) is 1. The number of hydrogen-bond donors (Lipinski definition) is 3. The van der Waals surface area contributed by atoms with E-state index in [0.29, 0.717) is 5.95 Å². The highest BCUT2D eigenvalue weighted by Crippen LogP contribution is 2.26. The van der Waals surface area contributed by atoms with Gasteiger partial charge in [-0.05, 0) is 24.8 Å². The van der Waals surface area contributed by atoms with Crippen LogP contribution in [0.2, 0.25) is 0 Å². The van der Waals surface area contributed by atoms with Crippen LogP contribution < -0.4 is 11.5 Å².